The topological polar surface area (TPSA) is 21.3 Å². The van der Waals surface area contributed by atoms with Crippen LogP contribution in [0.15, 0.2) is 42.5 Å². The Balaban J connectivity index is 2.33. The van der Waals surface area contributed by atoms with Gasteiger partial charge in [0.15, 0.2) is 0 Å². The lowest BCUT2D eigenvalue weighted by Gasteiger charge is -2.21. The molecule has 1 atom stereocenters. The summed E-state index contributed by atoms with van der Waals surface area (Å²) in [6.45, 7) is 2.81. The Kier molecular flexibility index (Phi) is 5.59. The highest BCUT2D eigenvalue weighted by molar-refractivity contribution is 6.30. The Morgan fingerprint density at radius 3 is 2.67 bits per heavy atom. The molecule has 0 amide bonds. The summed E-state index contributed by atoms with van der Waals surface area (Å²) < 4.78 is 19.3. The molecule has 0 fully saturated rings. The standard InChI is InChI=1S/C17H19ClFNO/c1-3-20-16(10-12-6-4-5-7-15(12)19)14-9-8-13(18)11-17(14)21-2/h4-9,11,16,20H,3,10H2,1-2H3. The highest BCUT2D eigenvalue weighted by Gasteiger charge is 2.17. The number of likely N-dealkylation sites (N-methyl/N-ethyl adjacent to an activating group) is 1. The van der Waals surface area contributed by atoms with Gasteiger partial charge in [0.2, 0.25) is 0 Å². The molecule has 1 unspecified atom stereocenters. The van der Waals surface area contributed by atoms with Crippen LogP contribution in [0, 0.1) is 5.82 Å². The van der Waals surface area contributed by atoms with Gasteiger partial charge in [0.1, 0.15) is 11.6 Å². The molecule has 0 heterocycles. The first-order chi connectivity index (χ1) is 10.2. The predicted molar refractivity (Wildman–Crippen MR) is 84.5 cm³/mol. The van der Waals surface area contributed by atoms with Crippen LogP contribution in [0.5, 0.6) is 5.75 Å². The minimum Gasteiger partial charge on any atom is -0.496 e. The molecule has 2 rings (SSSR count). The number of methoxy groups -OCH3 is 1. The molecule has 1 N–H and O–H groups in total. The van der Waals surface area contributed by atoms with Gasteiger partial charge in [-0.25, -0.2) is 4.39 Å². The van der Waals surface area contributed by atoms with Crippen LogP contribution in [-0.4, -0.2) is 13.7 Å². The Hall–Kier alpha value is -1.58. The summed E-state index contributed by atoms with van der Waals surface area (Å²) in [6.07, 6.45) is 0.554. The molecule has 0 saturated heterocycles. The zero-order chi connectivity index (χ0) is 15.2. The summed E-state index contributed by atoms with van der Waals surface area (Å²) in [4.78, 5) is 0. The summed E-state index contributed by atoms with van der Waals surface area (Å²) >= 11 is 6.00. The average molecular weight is 308 g/mol. The highest BCUT2D eigenvalue weighted by atomic mass is 35.5. The van der Waals surface area contributed by atoms with Gasteiger partial charge in [0.05, 0.1) is 7.11 Å². The number of ether oxygens (including phenoxy) is 1. The lowest BCUT2D eigenvalue weighted by Crippen LogP contribution is -2.23. The van der Waals surface area contributed by atoms with Crippen molar-refractivity contribution in [1.82, 2.24) is 5.32 Å². The van der Waals surface area contributed by atoms with E-state index in [0.717, 1.165) is 12.1 Å². The third-order valence-electron chi connectivity index (χ3n) is 3.40. The minimum atomic E-state index is -0.187. The molecule has 0 spiro atoms. The van der Waals surface area contributed by atoms with Crippen molar-refractivity contribution in [2.75, 3.05) is 13.7 Å². The van der Waals surface area contributed by atoms with Gasteiger partial charge >= 0.3 is 0 Å². The molecule has 0 aromatic heterocycles. The highest BCUT2D eigenvalue weighted by Crippen LogP contribution is 2.30. The second-order valence-corrected chi connectivity index (χ2v) is 5.23. The molecule has 2 aromatic carbocycles. The first-order valence-electron chi connectivity index (χ1n) is 6.96. The van der Waals surface area contributed by atoms with E-state index in [-0.39, 0.29) is 11.9 Å². The third kappa shape index (κ3) is 3.96. The first-order valence-corrected chi connectivity index (χ1v) is 7.33. The monoisotopic (exact) mass is 307 g/mol. The third-order valence-corrected chi connectivity index (χ3v) is 3.64. The molecule has 2 nitrogen and oxygen atoms in total. The average Bonchev–Trinajstić information content (AvgIpc) is 2.49. The van der Waals surface area contributed by atoms with Crippen molar-refractivity contribution < 1.29 is 9.13 Å². The van der Waals surface area contributed by atoms with Gasteiger partial charge in [-0.2, -0.15) is 0 Å². The van der Waals surface area contributed by atoms with Gasteiger partial charge in [0.25, 0.3) is 0 Å². The van der Waals surface area contributed by atoms with Crippen molar-refractivity contribution in [2.45, 2.75) is 19.4 Å². The largest absolute Gasteiger partial charge is 0.496 e. The van der Waals surface area contributed by atoms with Crippen LogP contribution < -0.4 is 10.1 Å². The number of hydrogen-bond acceptors (Lipinski definition) is 2. The molecule has 21 heavy (non-hydrogen) atoms. The van der Waals surface area contributed by atoms with E-state index in [1.165, 1.54) is 6.07 Å². The fourth-order valence-corrected chi connectivity index (χ4v) is 2.56. The Morgan fingerprint density at radius 1 is 1.24 bits per heavy atom. The smallest absolute Gasteiger partial charge is 0.126 e. The molecule has 2 aromatic rings. The van der Waals surface area contributed by atoms with Crippen molar-refractivity contribution in [2.24, 2.45) is 0 Å². The van der Waals surface area contributed by atoms with Crippen LogP contribution in [0.1, 0.15) is 24.1 Å². The Bertz CT molecular complexity index is 603. The second kappa shape index (κ2) is 7.43. The quantitative estimate of drug-likeness (QED) is 0.855. The second-order valence-electron chi connectivity index (χ2n) is 4.79. The minimum absolute atomic E-state index is 0.0286. The van der Waals surface area contributed by atoms with E-state index in [0.29, 0.717) is 22.8 Å². The lowest BCUT2D eigenvalue weighted by atomic mass is 9.97. The van der Waals surface area contributed by atoms with Gasteiger partial charge in [-0.1, -0.05) is 42.8 Å². The normalized spacial score (nSPS) is 12.2. The van der Waals surface area contributed by atoms with Crippen LogP contribution in [0.4, 0.5) is 4.39 Å². The van der Waals surface area contributed by atoms with Crippen molar-refractivity contribution in [1.29, 1.82) is 0 Å². The summed E-state index contributed by atoms with van der Waals surface area (Å²) in [6, 6.07) is 12.3. The summed E-state index contributed by atoms with van der Waals surface area (Å²) in [5.41, 5.74) is 1.66. The van der Waals surface area contributed by atoms with Crippen molar-refractivity contribution >= 4 is 11.6 Å². The summed E-state index contributed by atoms with van der Waals surface area (Å²) in [5, 5.41) is 4.00. The van der Waals surface area contributed by atoms with Gasteiger partial charge < -0.3 is 10.1 Å². The number of nitrogens with one attached hydrogen (secondary N) is 1. The summed E-state index contributed by atoms with van der Waals surface area (Å²) in [7, 11) is 1.61. The van der Waals surface area contributed by atoms with Crippen LogP contribution in [-0.2, 0) is 6.42 Å². The Morgan fingerprint density at radius 2 is 2.00 bits per heavy atom. The molecule has 0 bridgehead atoms. The van der Waals surface area contributed by atoms with E-state index in [2.05, 4.69) is 5.32 Å². The molecule has 0 aliphatic carbocycles. The van der Waals surface area contributed by atoms with Gasteiger partial charge in [0, 0.05) is 16.6 Å². The van der Waals surface area contributed by atoms with E-state index < -0.39 is 0 Å². The molecule has 0 aliphatic rings. The molecular weight excluding hydrogens is 289 g/mol. The zero-order valence-corrected chi connectivity index (χ0v) is 13.0. The SMILES string of the molecule is CCNC(Cc1ccccc1F)c1ccc(Cl)cc1OC. The molecule has 112 valence electrons. The maximum Gasteiger partial charge on any atom is 0.126 e. The Labute approximate surface area is 129 Å². The molecule has 0 saturated carbocycles. The van der Waals surface area contributed by atoms with Gasteiger partial charge in [-0.15, -0.1) is 0 Å². The van der Waals surface area contributed by atoms with Crippen molar-refractivity contribution in [3.63, 3.8) is 0 Å². The summed E-state index contributed by atoms with van der Waals surface area (Å²) in [5.74, 6) is 0.526. The fourth-order valence-electron chi connectivity index (χ4n) is 2.40. The van der Waals surface area contributed by atoms with Crippen LogP contribution >= 0.6 is 11.6 Å². The van der Waals surface area contributed by atoms with Crippen LogP contribution in [0.25, 0.3) is 0 Å². The molecule has 0 radical (unpaired) electrons. The maximum atomic E-state index is 13.9. The van der Waals surface area contributed by atoms with Gasteiger partial charge in [-0.3, -0.25) is 0 Å². The van der Waals surface area contributed by atoms with Crippen LogP contribution in [0.2, 0.25) is 5.02 Å². The lowest BCUT2D eigenvalue weighted by molar-refractivity contribution is 0.398. The molecule has 0 aliphatic heterocycles. The van der Waals surface area contributed by atoms with Crippen molar-refractivity contribution in [3.8, 4) is 5.75 Å². The van der Waals surface area contributed by atoms with E-state index >= 15 is 0 Å². The molecular formula is C17H19ClFNO. The van der Waals surface area contributed by atoms with E-state index in [9.17, 15) is 4.39 Å². The van der Waals surface area contributed by atoms with Crippen LogP contribution in [0.3, 0.4) is 0 Å². The fraction of sp³-hybridized carbons (Fsp3) is 0.294. The van der Waals surface area contributed by atoms with Crippen molar-refractivity contribution in [3.05, 3.63) is 64.4 Å². The number of halogens is 2. The van der Waals surface area contributed by atoms with E-state index in [1.807, 2.05) is 31.2 Å². The van der Waals surface area contributed by atoms with Gasteiger partial charge in [-0.05, 0) is 36.7 Å². The number of benzene rings is 2. The molecule has 4 heteroatoms. The van der Waals surface area contributed by atoms with E-state index in [1.54, 1.807) is 19.2 Å². The first kappa shape index (κ1) is 15.8. The predicted octanol–water partition coefficient (Wildman–Crippen LogP) is 4.38. The number of rotatable bonds is 6. The van der Waals surface area contributed by atoms with E-state index in [4.69, 9.17) is 16.3 Å². The number of hydrogen-bond donors (Lipinski definition) is 1. The maximum absolute atomic E-state index is 13.9. The zero-order valence-electron chi connectivity index (χ0n) is 12.2.